The van der Waals surface area contributed by atoms with Gasteiger partial charge in [0, 0.05) is 17.5 Å². The lowest BCUT2D eigenvalue weighted by Gasteiger charge is -2.08. The minimum absolute atomic E-state index is 0.557. The second-order valence-corrected chi connectivity index (χ2v) is 6.48. The Morgan fingerprint density at radius 1 is 1.45 bits per heavy atom. The van der Waals surface area contributed by atoms with E-state index in [9.17, 15) is 0 Å². The van der Waals surface area contributed by atoms with E-state index in [4.69, 9.17) is 11.6 Å². The van der Waals surface area contributed by atoms with Crippen LogP contribution in [0.1, 0.15) is 23.8 Å². The molecule has 1 N–H and O–H groups in total. The van der Waals surface area contributed by atoms with Gasteiger partial charge in [0.1, 0.15) is 5.15 Å². The Hall–Kier alpha value is -1.32. The summed E-state index contributed by atoms with van der Waals surface area (Å²) < 4.78 is 1.22. The number of thiophene rings is 1. The Labute approximate surface area is 128 Å². The molecule has 2 nitrogen and oxygen atoms in total. The molecule has 0 aromatic carbocycles. The van der Waals surface area contributed by atoms with E-state index in [2.05, 4.69) is 42.4 Å². The summed E-state index contributed by atoms with van der Waals surface area (Å²) in [5.74, 6) is 0. The molecule has 0 aliphatic heterocycles. The molecule has 0 saturated heterocycles. The lowest BCUT2D eigenvalue weighted by Crippen LogP contribution is -2.03. The predicted octanol–water partition coefficient (Wildman–Crippen LogP) is 5.12. The Bertz CT molecular complexity index is 713. The quantitative estimate of drug-likeness (QED) is 0.793. The highest BCUT2D eigenvalue weighted by atomic mass is 35.5. The molecule has 0 atom stereocenters. The normalized spacial score (nSPS) is 14.1. The van der Waals surface area contributed by atoms with E-state index in [0.717, 1.165) is 30.6 Å². The van der Waals surface area contributed by atoms with Gasteiger partial charge >= 0.3 is 0 Å². The van der Waals surface area contributed by atoms with Crippen LogP contribution in [0.3, 0.4) is 0 Å². The first-order valence-electron chi connectivity index (χ1n) is 6.86. The third-order valence-electron chi connectivity index (χ3n) is 3.62. The zero-order valence-electron chi connectivity index (χ0n) is 11.7. The van der Waals surface area contributed by atoms with E-state index in [1.165, 1.54) is 20.7 Å². The maximum atomic E-state index is 6.17. The Kier molecular flexibility index (Phi) is 3.81. The van der Waals surface area contributed by atoms with E-state index in [1.54, 1.807) is 0 Å². The van der Waals surface area contributed by atoms with Gasteiger partial charge in [-0.1, -0.05) is 36.8 Å². The standard InChI is InChI=1S/C16H17ClN2S/c1-3-13-10(2)15-16(20-13)12(8-14(17)19-15)18-9-11-6-4-5-7-11/h4-6,8H,3,7,9H2,1-2H3,(H,18,19). The van der Waals surface area contributed by atoms with Crippen LogP contribution < -0.4 is 5.32 Å². The molecule has 3 rings (SSSR count). The topological polar surface area (TPSA) is 24.9 Å². The summed E-state index contributed by atoms with van der Waals surface area (Å²) in [6.07, 6.45) is 8.54. The molecular weight excluding hydrogens is 288 g/mol. The number of fused-ring (bicyclic) bond motifs is 1. The van der Waals surface area contributed by atoms with Gasteiger partial charge in [0.05, 0.1) is 15.9 Å². The lowest BCUT2D eigenvalue weighted by molar-refractivity contribution is 1.14. The molecule has 0 saturated carbocycles. The third-order valence-corrected chi connectivity index (χ3v) is 5.27. The molecule has 4 heteroatoms. The summed E-state index contributed by atoms with van der Waals surface area (Å²) in [4.78, 5) is 5.88. The van der Waals surface area contributed by atoms with Crippen LogP contribution in [0.25, 0.3) is 10.2 Å². The molecule has 2 aromatic heterocycles. The zero-order valence-corrected chi connectivity index (χ0v) is 13.2. The summed E-state index contributed by atoms with van der Waals surface area (Å²) in [6.45, 7) is 5.18. The number of halogens is 1. The van der Waals surface area contributed by atoms with Crippen LogP contribution in [0.4, 0.5) is 5.69 Å². The van der Waals surface area contributed by atoms with Crippen molar-refractivity contribution in [2.75, 3.05) is 11.9 Å². The summed E-state index contributed by atoms with van der Waals surface area (Å²) >= 11 is 7.99. The van der Waals surface area contributed by atoms with Crippen molar-refractivity contribution in [3.8, 4) is 0 Å². The fourth-order valence-electron chi connectivity index (χ4n) is 2.49. The van der Waals surface area contributed by atoms with Crippen LogP contribution in [-0.4, -0.2) is 11.5 Å². The van der Waals surface area contributed by atoms with E-state index in [1.807, 2.05) is 17.4 Å². The molecule has 1 aliphatic carbocycles. The van der Waals surface area contributed by atoms with Crippen molar-refractivity contribution in [2.24, 2.45) is 0 Å². The molecule has 2 heterocycles. The van der Waals surface area contributed by atoms with Gasteiger partial charge in [0.15, 0.2) is 0 Å². The van der Waals surface area contributed by atoms with Gasteiger partial charge in [0.25, 0.3) is 0 Å². The second-order valence-electron chi connectivity index (χ2n) is 4.98. The minimum atomic E-state index is 0.557. The van der Waals surface area contributed by atoms with E-state index in [-0.39, 0.29) is 0 Å². The Balaban J connectivity index is 1.96. The number of aryl methyl sites for hydroxylation is 2. The number of hydrogen-bond acceptors (Lipinski definition) is 3. The van der Waals surface area contributed by atoms with Crippen molar-refractivity contribution in [1.29, 1.82) is 0 Å². The SMILES string of the molecule is CCc1sc2c(NCC3=CC=CC3)cc(Cl)nc2c1C. The van der Waals surface area contributed by atoms with E-state index in [0.29, 0.717) is 5.15 Å². The van der Waals surface area contributed by atoms with Crippen LogP contribution in [0.2, 0.25) is 5.15 Å². The number of rotatable bonds is 4. The minimum Gasteiger partial charge on any atom is -0.380 e. The average molecular weight is 305 g/mol. The zero-order chi connectivity index (χ0) is 14.1. The van der Waals surface area contributed by atoms with Crippen LogP contribution in [0, 0.1) is 6.92 Å². The third kappa shape index (κ3) is 2.48. The highest BCUT2D eigenvalue weighted by Gasteiger charge is 2.13. The largest absolute Gasteiger partial charge is 0.380 e. The first kappa shape index (κ1) is 13.7. The van der Waals surface area contributed by atoms with Crippen LogP contribution in [0.15, 0.2) is 29.9 Å². The number of pyridine rings is 1. The van der Waals surface area contributed by atoms with Gasteiger partial charge < -0.3 is 5.32 Å². The maximum Gasteiger partial charge on any atom is 0.131 e. The number of anilines is 1. The molecule has 0 spiro atoms. The molecule has 0 bridgehead atoms. The molecule has 0 unspecified atom stereocenters. The first-order chi connectivity index (χ1) is 9.69. The molecule has 104 valence electrons. The molecule has 0 fully saturated rings. The predicted molar refractivity (Wildman–Crippen MR) is 89.1 cm³/mol. The number of allylic oxidation sites excluding steroid dienone is 3. The van der Waals surface area contributed by atoms with Crippen LogP contribution >= 0.6 is 22.9 Å². The average Bonchev–Trinajstić information content (AvgIpc) is 3.05. The monoisotopic (exact) mass is 304 g/mol. The molecule has 20 heavy (non-hydrogen) atoms. The van der Waals surface area contributed by atoms with Crippen molar-refractivity contribution < 1.29 is 0 Å². The number of nitrogens with one attached hydrogen (secondary N) is 1. The smallest absolute Gasteiger partial charge is 0.131 e. The lowest BCUT2D eigenvalue weighted by atomic mass is 10.2. The second kappa shape index (κ2) is 5.58. The van der Waals surface area contributed by atoms with Crippen LogP contribution in [0.5, 0.6) is 0 Å². The Morgan fingerprint density at radius 2 is 2.30 bits per heavy atom. The Morgan fingerprint density at radius 3 is 3.00 bits per heavy atom. The van der Waals surface area contributed by atoms with Crippen molar-refractivity contribution in [2.45, 2.75) is 26.7 Å². The first-order valence-corrected chi connectivity index (χ1v) is 8.05. The fraction of sp³-hybridized carbons (Fsp3) is 0.312. The van der Waals surface area contributed by atoms with Gasteiger partial charge in [-0.3, -0.25) is 0 Å². The van der Waals surface area contributed by atoms with Gasteiger partial charge in [-0.25, -0.2) is 4.98 Å². The van der Waals surface area contributed by atoms with Crippen molar-refractivity contribution in [1.82, 2.24) is 4.98 Å². The molecule has 0 amide bonds. The fourth-order valence-corrected chi connectivity index (χ4v) is 3.86. The molecule has 2 aromatic rings. The van der Waals surface area contributed by atoms with Crippen molar-refractivity contribution in [3.63, 3.8) is 0 Å². The maximum absolute atomic E-state index is 6.17. The van der Waals surface area contributed by atoms with Gasteiger partial charge in [-0.15, -0.1) is 11.3 Å². The van der Waals surface area contributed by atoms with Gasteiger partial charge in [-0.05, 0) is 30.9 Å². The number of nitrogens with zero attached hydrogens (tertiary/aromatic N) is 1. The highest BCUT2D eigenvalue weighted by molar-refractivity contribution is 7.19. The van der Waals surface area contributed by atoms with E-state index >= 15 is 0 Å². The van der Waals surface area contributed by atoms with Gasteiger partial charge in [-0.2, -0.15) is 0 Å². The van der Waals surface area contributed by atoms with Crippen molar-refractivity contribution >= 4 is 38.8 Å². The van der Waals surface area contributed by atoms with Gasteiger partial charge in [0.2, 0.25) is 0 Å². The summed E-state index contributed by atoms with van der Waals surface area (Å²) in [7, 11) is 0. The molecule has 1 aliphatic rings. The van der Waals surface area contributed by atoms with E-state index < -0.39 is 0 Å². The number of hydrogen-bond donors (Lipinski definition) is 1. The summed E-state index contributed by atoms with van der Waals surface area (Å²) in [5, 5.41) is 4.07. The summed E-state index contributed by atoms with van der Waals surface area (Å²) in [6, 6.07) is 1.93. The molecule has 0 radical (unpaired) electrons. The highest BCUT2D eigenvalue weighted by Crippen LogP contribution is 2.36. The van der Waals surface area contributed by atoms with Crippen molar-refractivity contribution in [3.05, 3.63) is 45.5 Å². The molecular formula is C16H17ClN2S. The van der Waals surface area contributed by atoms with Crippen LogP contribution in [-0.2, 0) is 6.42 Å². The number of aromatic nitrogens is 1. The summed E-state index contributed by atoms with van der Waals surface area (Å²) in [5.41, 5.74) is 4.80.